The first-order chi connectivity index (χ1) is 14.6. The lowest BCUT2D eigenvalue weighted by Crippen LogP contribution is -2.40. The van der Waals surface area contributed by atoms with Gasteiger partial charge in [-0.3, -0.25) is 14.9 Å². The second-order valence-electron chi connectivity index (χ2n) is 8.27. The molecule has 3 aromatic rings. The monoisotopic (exact) mass is 403 g/mol. The Morgan fingerprint density at radius 2 is 1.90 bits per heavy atom. The third-order valence-corrected chi connectivity index (χ3v) is 6.20. The second kappa shape index (κ2) is 7.51. The van der Waals surface area contributed by atoms with E-state index in [0.29, 0.717) is 17.4 Å². The number of hydrogen-bond donors (Lipinski definition) is 1. The molecule has 0 aliphatic carbocycles. The number of carbonyl (C=O) groups excluding carboxylic acids is 1. The molecular weight excluding hydrogens is 378 g/mol. The Kier molecular flexibility index (Phi) is 4.69. The number of likely N-dealkylation sites (tertiary alicyclic amines) is 1. The van der Waals surface area contributed by atoms with Gasteiger partial charge in [0.25, 0.3) is 5.91 Å². The maximum Gasteiger partial charge on any atom is 0.257 e. The summed E-state index contributed by atoms with van der Waals surface area (Å²) in [4.78, 5) is 30.7. The molecule has 5 rings (SSSR count). The summed E-state index contributed by atoms with van der Waals surface area (Å²) < 4.78 is 0. The quantitative estimate of drug-likeness (QED) is 0.722. The Bertz CT molecular complexity index is 1040. The summed E-state index contributed by atoms with van der Waals surface area (Å²) in [6.45, 7) is 7.40. The van der Waals surface area contributed by atoms with E-state index in [-0.39, 0.29) is 5.91 Å². The molecule has 1 N–H and O–H groups in total. The Balaban J connectivity index is 1.32. The maximum absolute atomic E-state index is 13.3. The van der Waals surface area contributed by atoms with Crippen LogP contribution in [0.15, 0.2) is 36.8 Å². The molecule has 2 fully saturated rings. The highest BCUT2D eigenvalue weighted by atomic mass is 16.2. The van der Waals surface area contributed by atoms with Crippen molar-refractivity contribution in [2.24, 2.45) is 11.8 Å². The normalized spacial score (nSPS) is 21.0. The fourth-order valence-electron chi connectivity index (χ4n) is 4.76. The van der Waals surface area contributed by atoms with E-state index in [9.17, 15) is 4.79 Å². The van der Waals surface area contributed by atoms with Crippen LogP contribution in [0.25, 0.3) is 11.3 Å². The zero-order valence-corrected chi connectivity index (χ0v) is 17.2. The van der Waals surface area contributed by atoms with Crippen molar-refractivity contribution in [3.63, 3.8) is 0 Å². The van der Waals surface area contributed by atoms with Gasteiger partial charge in [0, 0.05) is 55.9 Å². The van der Waals surface area contributed by atoms with Gasteiger partial charge in [-0.1, -0.05) is 0 Å². The van der Waals surface area contributed by atoms with Gasteiger partial charge in [0.2, 0.25) is 0 Å². The molecule has 0 radical (unpaired) electrons. The topological polar surface area (TPSA) is 90.9 Å². The predicted molar refractivity (Wildman–Crippen MR) is 113 cm³/mol. The van der Waals surface area contributed by atoms with Gasteiger partial charge in [-0.15, -0.1) is 0 Å². The lowest BCUT2D eigenvalue weighted by atomic mass is 9.89. The first-order valence-corrected chi connectivity index (χ1v) is 10.4. The van der Waals surface area contributed by atoms with E-state index in [2.05, 4.69) is 36.1 Å². The highest BCUT2D eigenvalue weighted by molar-refractivity contribution is 5.99. The van der Waals surface area contributed by atoms with Gasteiger partial charge >= 0.3 is 0 Å². The summed E-state index contributed by atoms with van der Waals surface area (Å²) in [5.41, 5.74) is 3.29. The molecule has 0 bridgehead atoms. The van der Waals surface area contributed by atoms with E-state index in [0.717, 1.165) is 61.2 Å². The van der Waals surface area contributed by atoms with E-state index >= 15 is 0 Å². The van der Waals surface area contributed by atoms with Crippen molar-refractivity contribution in [3.8, 4) is 11.3 Å². The number of carbonyl (C=O) groups is 1. The van der Waals surface area contributed by atoms with Crippen LogP contribution >= 0.6 is 0 Å². The van der Waals surface area contributed by atoms with Crippen molar-refractivity contribution < 1.29 is 4.79 Å². The zero-order chi connectivity index (χ0) is 20.7. The molecule has 0 aromatic carbocycles. The van der Waals surface area contributed by atoms with Crippen molar-refractivity contribution in [1.29, 1.82) is 0 Å². The van der Waals surface area contributed by atoms with Crippen molar-refractivity contribution in [1.82, 2.24) is 30.0 Å². The summed E-state index contributed by atoms with van der Waals surface area (Å²) in [6, 6.07) is 5.83. The number of hydrogen-bond acceptors (Lipinski definition) is 6. The molecule has 0 spiro atoms. The molecule has 2 aliphatic rings. The first-order valence-electron chi connectivity index (χ1n) is 10.4. The minimum atomic E-state index is 0.0465. The molecule has 1 amide bonds. The number of H-pyrrole nitrogens is 1. The van der Waals surface area contributed by atoms with Crippen LogP contribution in [0, 0.1) is 25.7 Å². The Morgan fingerprint density at radius 1 is 1.10 bits per heavy atom. The molecule has 0 saturated carbocycles. The summed E-state index contributed by atoms with van der Waals surface area (Å²) in [7, 11) is 0. The van der Waals surface area contributed by atoms with E-state index in [1.165, 1.54) is 0 Å². The highest BCUT2D eigenvalue weighted by Gasteiger charge is 2.40. The molecule has 3 aromatic heterocycles. The summed E-state index contributed by atoms with van der Waals surface area (Å²) in [6.07, 6.45) is 6.15. The zero-order valence-electron chi connectivity index (χ0n) is 17.2. The number of fused-ring (bicyclic) bond motifs is 1. The number of anilines is 1. The number of pyridine rings is 1. The largest absolute Gasteiger partial charge is 0.356 e. The Labute approximate surface area is 175 Å². The van der Waals surface area contributed by atoms with Crippen molar-refractivity contribution in [3.05, 3.63) is 53.9 Å². The van der Waals surface area contributed by atoms with E-state index in [1.807, 2.05) is 30.9 Å². The molecule has 154 valence electrons. The number of rotatable bonds is 3. The SMILES string of the molecule is Cc1cc(N2CC[C@@H]3CN(C(=O)c4cn[nH]c4-c4ccncc4)C[C@@H]3C2)nc(C)n1. The number of nitrogens with one attached hydrogen (secondary N) is 1. The van der Waals surface area contributed by atoms with E-state index in [4.69, 9.17) is 0 Å². The summed E-state index contributed by atoms with van der Waals surface area (Å²) >= 11 is 0. The number of nitrogens with zero attached hydrogens (tertiary/aromatic N) is 6. The lowest BCUT2D eigenvalue weighted by molar-refractivity contribution is 0.0785. The highest BCUT2D eigenvalue weighted by Crippen LogP contribution is 2.34. The summed E-state index contributed by atoms with van der Waals surface area (Å²) in [5.74, 6) is 2.84. The number of amides is 1. The van der Waals surface area contributed by atoms with Gasteiger partial charge in [-0.2, -0.15) is 5.10 Å². The maximum atomic E-state index is 13.3. The molecule has 5 heterocycles. The minimum absolute atomic E-state index is 0.0465. The number of aromatic nitrogens is 5. The van der Waals surface area contributed by atoms with Crippen LogP contribution in [0.2, 0.25) is 0 Å². The number of aromatic amines is 1. The second-order valence-corrected chi connectivity index (χ2v) is 8.27. The standard InChI is InChI=1S/C22H25N7O/c1-14-9-20(26-15(2)25-14)28-8-5-17-11-29(13-18(17)12-28)22(30)19-10-24-27-21(19)16-3-6-23-7-4-16/h3-4,6-7,9-10,17-18H,5,8,11-13H2,1-2H3,(H,24,27)/t17-,18+/m1/s1. The van der Waals surface area contributed by atoms with Crippen LogP contribution in [0.1, 0.15) is 28.3 Å². The predicted octanol–water partition coefficient (Wildman–Crippen LogP) is 2.48. The molecule has 30 heavy (non-hydrogen) atoms. The number of piperidine rings is 1. The Morgan fingerprint density at radius 3 is 2.70 bits per heavy atom. The molecule has 2 aliphatic heterocycles. The lowest BCUT2D eigenvalue weighted by Gasteiger charge is -2.35. The van der Waals surface area contributed by atoms with Crippen LogP contribution < -0.4 is 4.90 Å². The molecule has 2 atom stereocenters. The number of aryl methyl sites for hydroxylation is 2. The van der Waals surface area contributed by atoms with E-state index in [1.54, 1.807) is 18.6 Å². The van der Waals surface area contributed by atoms with Crippen LogP contribution in [0.3, 0.4) is 0 Å². The fourth-order valence-corrected chi connectivity index (χ4v) is 4.76. The van der Waals surface area contributed by atoms with Gasteiger partial charge in [0.1, 0.15) is 11.6 Å². The minimum Gasteiger partial charge on any atom is -0.356 e. The first kappa shape index (κ1) is 18.7. The van der Waals surface area contributed by atoms with E-state index < -0.39 is 0 Å². The van der Waals surface area contributed by atoms with Crippen LogP contribution in [-0.4, -0.2) is 62.1 Å². The third kappa shape index (κ3) is 3.42. The summed E-state index contributed by atoms with van der Waals surface area (Å²) in [5, 5.41) is 7.12. The third-order valence-electron chi connectivity index (χ3n) is 6.20. The van der Waals surface area contributed by atoms with Gasteiger partial charge in [0.05, 0.1) is 17.5 Å². The average Bonchev–Trinajstić information content (AvgIpc) is 3.40. The van der Waals surface area contributed by atoms with Crippen LogP contribution in [0.4, 0.5) is 5.82 Å². The molecule has 2 saturated heterocycles. The fraction of sp³-hybridized carbons (Fsp3) is 0.409. The van der Waals surface area contributed by atoms with Gasteiger partial charge < -0.3 is 9.80 Å². The van der Waals surface area contributed by atoms with Crippen molar-refractivity contribution >= 4 is 11.7 Å². The smallest absolute Gasteiger partial charge is 0.257 e. The molecular formula is C22H25N7O. The molecule has 8 heteroatoms. The molecule has 8 nitrogen and oxygen atoms in total. The van der Waals surface area contributed by atoms with Gasteiger partial charge in [-0.25, -0.2) is 9.97 Å². The van der Waals surface area contributed by atoms with Gasteiger partial charge in [-0.05, 0) is 44.2 Å². The molecule has 0 unspecified atom stereocenters. The van der Waals surface area contributed by atoms with Crippen LogP contribution in [-0.2, 0) is 0 Å². The van der Waals surface area contributed by atoms with Crippen LogP contribution in [0.5, 0.6) is 0 Å². The van der Waals surface area contributed by atoms with Crippen molar-refractivity contribution in [2.45, 2.75) is 20.3 Å². The average molecular weight is 403 g/mol. The van der Waals surface area contributed by atoms with Gasteiger partial charge in [0.15, 0.2) is 0 Å². The Hall–Kier alpha value is -3.29. The van der Waals surface area contributed by atoms with Crippen molar-refractivity contribution in [2.75, 3.05) is 31.1 Å².